The number of anilines is 1. The highest BCUT2D eigenvalue weighted by Crippen LogP contribution is 2.28. The van der Waals surface area contributed by atoms with Crippen LogP contribution in [0.1, 0.15) is 26.2 Å². The third-order valence-electron chi connectivity index (χ3n) is 3.90. The van der Waals surface area contributed by atoms with Gasteiger partial charge in [0.1, 0.15) is 17.2 Å². The van der Waals surface area contributed by atoms with Crippen LogP contribution in [0.2, 0.25) is 0 Å². The Balaban J connectivity index is 2.12. The van der Waals surface area contributed by atoms with E-state index in [1.165, 1.54) is 25.0 Å². The number of nitrogen functional groups attached to an aromatic ring is 1. The fraction of sp³-hybridized carbons (Fsp3) is 0.278. The van der Waals surface area contributed by atoms with Gasteiger partial charge in [-0.05, 0) is 42.8 Å². The molecule has 0 saturated heterocycles. The van der Waals surface area contributed by atoms with Gasteiger partial charge in [-0.3, -0.25) is 0 Å². The van der Waals surface area contributed by atoms with E-state index in [0.717, 1.165) is 35.4 Å². The number of unbranched alkanes of at least 4 members (excludes halogenated alkanes) is 2. The van der Waals surface area contributed by atoms with Crippen LogP contribution in [0.25, 0.3) is 22.4 Å². The smallest absolute Gasteiger partial charge is 0.141 e. The molecule has 0 aliphatic carbocycles. The second-order valence-electron chi connectivity index (χ2n) is 5.52. The second-order valence-corrected chi connectivity index (χ2v) is 5.52. The van der Waals surface area contributed by atoms with Crippen molar-refractivity contribution < 1.29 is 4.39 Å². The molecule has 2 N–H and O–H groups in total. The van der Waals surface area contributed by atoms with Gasteiger partial charge in [-0.25, -0.2) is 9.37 Å². The van der Waals surface area contributed by atoms with Crippen LogP contribution in [0, 0.1) is 5.82 Å². The van der Waals surface area contributed by atoms with E-state index < -0.39 is 0 Å². The van der Waals surface area contributed by atoms with Gasteiger partial charge in [0, 0.05) is 12.1 Å². The molecule has 0 aliphatic heterocycles. The Hall–Kier alpha value is -2.36. The highest BCUT2D eigenvalue weighted by molar-refractivity contribution is 5.90. The van der Waals surface area contributed by atoms with Crippen LogP contribution >= 0.6 is 0 Å². The van der Waals surface area contributed by atoms with Gasteiger partial charge in [0.05, 0.1) is 11.2 Å². The number of hydrogen-bond acceptors (Lipinski definition) is 2. The number of hydrogen-bond donors (Lipinski definition) is 1. The monoisotopic (exact) mass is 297 g/mol. The lowest BCUT2D eigenvalue weighted by atomic mass is 10.2. The first-order valence-corrected chi connectivity index (χ1v) is 7.71. The van der Waals surface area contributed by atoms with E-state index >= 15 is 0 Å². The molecule has 114 valence electrons. The van der Waals surface area contributed by atoms with Crippen LogP contribution < -0.4 is 5.73 Å². The van der Waals surface area contributed by atoms with Gasteiger partial charge in [0.25, 0.3) is 0 Å². The average Bonchev–Trinajstić information content (AvgIpc) is 2.89. The Morgan fingerprint density at radius 3 is 2.59 bits per heavy atom. The predicted molar refractivity (Wildman–Crippen MR) is 89.1 cm³/mol. The minimum atomic E-state index is -0.239. The summed E-state index contributed by atoms with van der Waals surface area (Å²) in [5.41, 5.74) is 9.50. The normalized spacial score (nSPS) is 11.2. The third-order valence-corrected chi connectivity index (χ3v) is 3.90. The molecule has 22 heavy (non-hydrogen) atoms. The zero-order valence-corrected chi connectivity index (χ0v) is 12.7. The first-order chi connectivity index (χ1) is 10.7. The molecule has 0 unspecified atom stereocenters. The lowest BCUT2D eigenvalue weighted by molar-refractivity contribution is 0.616. The van der Waals surface area contributed by atoms with Crippen LogP contribution in [-0.2, 0) is 6.54 Å². The molecule has 0 atom stereocenters. The highest BCUT2D eigenvalue weighted by Gasteiger charge is 2.14. The van der Waals surface area contributed by atoms with Gasteiger partial charge in [-0.2, -0.15) is 0 Å². The molecule has 0 bridgehead atoms. The number of nitrogens with two attached hydrogens (primary N) is 1. The number of imidazole rings is 1. The van der Waals surface area contributed by atoms with Crippen LogP contribution in [0.5, 0.6) is 0 Å². The van der Waals surface area contributed by atoms with Gasteiger partial charge in [-0.1, -0.05) is 25.8 Å². The van der Waals surface area contributed by atoms with Gasteiger partial charge >= 0.3 is 0 Å². The van der Waals surface area contributed by atoms with E-state index in [2.05, 4.69) is 11.5 Å². The highest BCUT2D eigenvalue weighted by atomic mass is 19.1. The number of nitrogens with zero attached hydrogens (tertiary/aromatic N) is 2. The minimum Gasteiger partial charge on any atom is -0.397 e. The molecule has 0 radical (unpaired) electrons. The molecule has 2 aromatic carbocycles. The van der Waals surface area contributed by atoms with Crippen molar-refractivity contribution in [1.82, 2.24) is 9.55 Å². The zero-order valence-electron chi connectivity index (χ0n) is 12.7. The maximum absolute atomic E-state index is 13.2. The van der Waals surface area contributed by atoms with E-state index in [-0.39, 0.29) is 5.82 Å². The summed E-state index contributed by atoms with van der Waals surface area (Å²) in [5.74, 6) is 0.612. The number of para-hydroxylation sites is 1. The summed E-state index contributed by atoms with van der Waals surface area (Å²) in [6.07, 6.45) is 3.43. The van der Waals surface area contributed by atoms with E-state index in [1.807, 2.05) is 18.2 Å². The first kappa shape index (κ1) is 14.6. The van der Waals surface area contributed by atoms with Crippen LogP contribution in [0.15, 0.2) is 42.5 Å². The largest absolute Gasteiger partial charge is 0.397 e. The number of rotatable bonds is 5. The molecule has 1 aromatic heterocycles. The molecule has 1 heterocycles. The number of aromatic nitrogens is 2. The van der Waals surface area contributed by atoms with E-state index in [1.54, 1.807) is 12.1 Å². The Morgan fingerprint density at radius 1 is 1.09 bits per heavy atom. The Kier molecular flexibility index (Phi) is 4.09. The molecule has 3 rings (SSSR count). The summed E-state index contributed by atoms with van der Waals surface area (Å²) in [6, 6.07) is 12.3. The summed E-state index contributed by atoms with van der Waals surface area (Å²) >= 11 is 0. The van der Waals surface area contributed by atoms with Crippen molar-refractivity contribution in [2.75, 3.05) is 5.73 Å². The quantitative estimate of drug-likeness (QED) is 0.552. The SMILES string of the molecule is CCCCCn1c(-c2ccc(F)cc2)nc2c(N)cccc21. The molecule has 0 fully saturated rings. The Morgan fingerprint density at radius 2 is 1.86 bits per heavy atom. The molecule has 0 amide bonds. The zero-order chi connectivity index (χ0) is 15.5. The Bertz CT molecular complexity index is 775. The molecule has 0 saturated carbocycles. The summed E-state index contributed by atoms with van der Waals surface area (Å²) in [5, 5.41) is 0. The molecular weight excluding hydrogens is 277 g/mol. The number of aryl methyl sites for hydroxylation is 1. The maximum Gasteiger partial charge on any atom is 0.141 e. The van der Waals surface area contributed by atoms with Gasteiger partial charge in [-0.15, -0.1) is 0 Å². The van der Waals surface area contributed by atoms with Crippen LogP contribution in [0.4, 0.5) is 10.1 Å². The first-order valence-electron chi connectivity index (χ1n) is 7.71. The minimum absolute atomic E-state index is 0.239. The van der Waals surface area contributed by atoms with Crippen molar-refractivity contribution in [3.8, 4) is 11.4 Å². The molecule has 0 spiro atoms. The topological polar surface area (TPSA) is 43.8 Å². The van der Waals surface area contributed by atoms with E-state index in [0.29, 0.717) is 5.69 Å². The van der Waals surface area contributed by atoms with Crippen LogP contribution in [-0.4, -0.2) is 9.55 Å². The summed E-state index contributed by atoms with van der Waals surface area (Å²) in [6.45, 7) is 3.07. The van der Waals surface area contributed by atoms with Crippen LogP contribution in [0.3, 0.4) is 0 Å². The summed E-state index contributed by atoms with van der Waals surface area (Å²) < 4.78 is 15.4. The van der Waals surface area contributed by atoms with Crippen molar-refractivity contribution >= 4 is 16.7 Å². The average molecular weight is 297 g/mol. The van der Waals surface area contributed by atoms with Crippen molar-refractivity contribution in [1.29, 1.82) is 0 Å². The Labute approximate surface area is 129 Å². The lowest BCUT2D eigenvalue weighted by Crippen LogP contribution is -2.01. The predicted octanol–water partition coefficient (Wildman–Crippen LogP) is 4.61. The number of benzene rings is 2. The number of halogens is 1. The van der Waals surface area contributed by atoms with Gasteiger partial charge in [0.2, 0.25) is 0 Å². The van der Waals surface area contributed by atoms with Crippen molar-refractivity contribution in [3.05, 3.63) is 48.3 Å². The van der Waals surface area contributed by atoms with Crippen molar-refractivity contribution in [2.24, 2.45) is 0 Å². The molecule has 3 aromatic rings. The van der Waals surface area contributed by atoms with E-state index in [4.69, 9.17) is 10.7 Å². The van der Waals surface area contributed by atoms with E-state index in [9.17, 15) is 4.39 Å². The van der Waals surface area contributed by atoms with Gasteiger partial charge in [0.15, 0.2) is 0 Å². The fourth-order valence-corrected chi connectivity index (χ4v) is 2.73. The molecule has 3 nitrogen and oxygen atoms in total. The standard InChI is InChI=1S/C18H20FN3/c1-2-3-4-12-22-16-7-5-6-15(20)17(16)21-18(22)13-8-10-14(19)11-9-13/h5-11H,2-4,12,20H2,1H3. The fourth-order valence-electron chi connectivity index (χ4n) is 2.73. The summed E-state index contributed by atoms with van der Waals surface area (Å²) in [4.78, 5) is 4.71. The number of fused-ring (bicyclic) bond motifs is 1. The molecular formula is C18H20FN3. The summed E-state index contributed by atoms with van der Waals surface area (Å²) in [7, 11) is 0. The van der Waals surface area contributed by atoms with Gasteiger partial charge < -0.3 is 10.3 Å². The van der Waals surface area contributed by atoms with Crippen molar-refractivity contribution in [2.45, 2.75) is 32.7 Å². The molecule has 0 aliphatic rings. The lowest BCUT2D eigenvalue weighted by Gasteiger charge is -2.09. The second kappa shape index (κ2) is 6.18. The van der Waals surface area contributed by atoms with Crippen molar-refractivity contribution in [3.63, 3.8) is 0 Å². The third kappa shape index (κ3) is 2.69. The molecule has 4 heteroatoms. The maximum atomic E-state index is 13.2.